The molecule has 10 heteroatoms. The number of rotatable bonds is 7. The lowest BCUT2D eigenvalue weighted by Crippen LogP contribution is -2.45. The van der Waals surface area contributed by atoms with Crippen molar-refractivity contribution in [3.05, 3.63) is 70.6 Å². The van der Waals surface area contributed by atoms with Crippen LogP contribution in [0.25, 0.3) is 0 Å². The maximum Gasteiger partial charge on any atom is 0.495 e. The van der Waals surface area contributed by atoms with Crippen molar-refractivity contribution in [2.24, 2.45) is 0 Å². The summed E-state index contributed by atoms with van der Waals surface area (Å²) in [4.78, 5) is 24.8. The molecule has 0 aliphatic carbocycles. The minimum absolute atomic E-state index is 0.0696. The topological polar surface area (TPSA) is 102 Å². The van der Waals surface area contributed by atoms with Crippen LogP contribution >= 0.6 is 0 Å². The van der Waals surface area contributed by atoms with Crippen molar-refractivity contribution >= 4 is 18.5 Å². The smallest absolute Gasteiger partial charge is 0.492 e. The lowest BCUT2D eigenvalue weighted by molar-refractivity contribution is 0.00578. The van der Waals surface area contributed by atoms with E-state index in [9.17, 15) is 10.1 Å². The van der Waals surface area contributed by atoms with E-state index in [1.165, 1.54) is 6.20 Å². The van der Waals surface area contributed by atoms with E-state index >= 15 is 0 Å². The summed E-state index contributed by atoms with van der Waals surface area (Å²) in [6.07, 6.45) is 5.88. The SMILES string of the molecule is CCOc1cc(C(C)N2CCc3c(B4OC(C)(C)C(C)(C)O4)cc(Cn4ccnc4C)cc3C2=O)ncc1C#N. The maximum atomic E-state index is 14.1. The molecule has 0 saturated carbocycles. The van der Waals surface area contributed by atoms with Crippen molar-refractivity contribution in [3.8, 4) is 11.8 Å². The van der Waals surface area contributed by atoms with Gasteiger partial charge in [0.05, 0.1) is 29.5 Å². The molecular formula is C30H36BN5O4. The zero-order chi connectivity index (χ0) is 28.8. The average molecular weight is 541 g/mol. The molecular weight excluding hydrogens is 505 g/mol. The lowest BCUT2D eigenvalue weighted by Gasteiger charge is -2.35. The summed E-state index contributed by atoms with van der Waals surface area (Å²) in [5.41, 5.74) is 3.54. The summed E-state index contributed by atoms with van der Waals surface area (Å²) in [6.45, 7) is 15.5. The predicted octanol–water partition coefficient (Wildman–Crippen LogP) is 3.96. The second kappa shape index (κ2) is 10.4. The van der Waals surface area contributed by atoms with Gasteiger partial charge in [-0.3, -0.25) is 9.78 Å². The van der Waals surface area contributed by atoms with E-state index in [2.05, 4.69) is 26.7 Å². The van der Waals surface area contributed by atoms with Gasteiger partial charge in [0.15, 0.2) is 0 Å². The minimum atomic E-state index is -0.576. The highest BCUT2D eigenvalue weighted by molar-refractivity contribution is 6.63. The fourth-order valence-electron chi connectivity index (χ4n) is 5.32. The fraction of sp³-hybridized carbons (Fsp3) is 0.467. The summed E-state index contributed by atoms with van der Waals surface area (Å²) in [7, 11) is -0.576. The Hall–Kier alpha value is -3.68. The van der Waals surface area contributed by atoms with Crippen LogP contribution in [0.3, 0.4) is 0 Å². The second-order valence-corrected chi connectivity index (χ2v) is 11.5. The third kappa shape index (κ3) is 4.89. The van der Waals surface area contributed by atoms with E-state index in [4.69, 9.17) is 14.0 Å². The number of carbonyl (C=O) groups excluding carboxylic acids is 1. The van der Waals surface area contributed by atoms with Gasteiger partial charge in [-0.2, -0.15) is 5.26 Å². The number of pyridine rings is 1. The highest BCUT2D eigenvalue weighted by Gasteiger charge is 2.52. The first-order chi connectivity index (χ1) is 19.0. The number of hydrogen-bond acceptors (Lipinski definition) is 7. The molecule has 0 radical (unpaired) electrons. The van der Waals surface area contributed by atoms with Gasteiger partial charge in [0.25, 0.3) is 5.91 Å². The first-order valence-corrected chi connectivity index (χ1v) is 13.8. The van der Waals surface area contributed by atoms with Crippen LogP contribution in [0.4, 0.5) is 0 Å². The number of imidazole rings is 1. The summed E-state index contributed by atoms with van der Waals surface area (Å²) in [5.74, 6) is 1.31. The van der Waals surface area contributed by atoms with Crippen LogP contribution in [0.2, 0.25) is 0 Å². The van der Waals surface area contributed by atoms with Crippen molar-refractivity contribution in [1.82, 2.24) is 19.4 Å². The summed E-state index contributed by atoms with van der Waals surface area (Å²) in [6, 6.07) is 7.68. The molecule has 1 fully saturated rings. The first-order valence-electron chi connectivity index (χ1n) is 13.8. The zero-order valence-corrected chi connectivity index (χ0v) is 24.3. The van der Waals surface area contributed by atoms with Gasteiger partial charge < -0.3 is 23.5 Å². The third-order valence-electron chi connectivity index (χ3n) is 8.42. The van der Waals surface area contributed by atoms with E-state index in [1.807, 2.05) is 65.6 Å². The molecule has 2 aliphatic rings. The number of aromatic nitrogens is 3. The van der Waals surface area contributed by atoms with E-state index in [-0.39, 0.29) is 11.9 Å². The number of ether oxygens (including phenoxy) is 1. The van der Waals surface area contributed by atoms with Gasteiger partial charge in [0.2, 0.25) is 0 Å². The molecule has 0 bridgehead atoms. The lowest BCUT2D eigenvalue weighted by atomic mass is 9.72. The van der Waals surface area contributed by atoms with E-state index < -0.39 is 18.3 Å². The molecule has 9 nitrogen and oxygen atoms in total. The van der Waals surface area contributed by atoms with Crippen LogP contribution in [-0.4, -0.2) is 56.8 Å². The van der Waals surface area contributed by atoms with Gasteiger partial charge in [0.1, 0.15) is 23.2 Å². The van der Waals surface area contributed by atoms with Gasteiger partial charge in [-0.05, 0) is 77.5 Å². The Bertz CT molecular complexity index is 1480. The number of nitrogens with zero attached hydrogens (tertiary/aromatic N) is 5. The van der Waals surface area contributed by atoms with Gasteiger partial charge in [0, 0.05) is 43.3 Å². The normalized spacial score (nSPS) is 18.4. The molecule has 40 heavy (non-hydrogen) atoms. The van der Waals surface area contributed by atoms with E-state index in [1.54, 1.807) is 12.3 Å². The molecule has 1 amide bonds. The van der Waals surface area contributed by atoms with Gasteiger partial charge in [-0.25, -0.2) is 4.98 Å². The molecule has 4 heterocycles. The molecule has 1 aromatic carbocycles. The molecule has 208 valence electrons. The molecule has 2 aliphatic heterocycles. The Labute approximate surface area is 236 Å². The van der Waals surface area contributed by atoms with Crippen LogP contribution in [-0.2, 0) is 22.3 Å². The minimum Gasteiger partial charge on any atom is -0.492 e. The molecule has 1 saturated heterocycles. The summed E-state index contributed by atoms with van der Waals surface area (Å²) in [5, 5.41) is 9.43. The van der Waals surface area contributed by atoms with E-state index in [0.29, 0.717) is 48.7 Å². The van der Waals surface area contributed by atoms with Crippen molar-refractivity contribution in [2.75, 3.05) is 13.2 Å². The second-order valence-electron chi connectivity index (χ2n) is 11.5. The predicted molar refractivity (Wildman–Crippen MR) is 152 cm³/mol. The molecule has 1 unspecified atom stereocenters. The van der Waals surface area contributed by atoms with Crippen molar-refractivity contribution in [2.45, 2.75) is 78.7 Å². The van der Waals surface area contributed by atoms with Crippen LogP contribution in [0.5, 0.6) is 5.75 Å². The van der Waals surface area contributed by atoms with Gasteiger partial charge in [-0.15, -0.1) is 0 Å². The Morgan fingerprint density at radius 2 is 1.90 bits per heavy atom. The van der Waals surface area contributed by atoms with Crippen LogP contribution in [0, 0.1) is 18.3 Å². The number of nitriles is 1. The van der Waals surface area contributed by atoms with Crippen LogP contribution < -0.4 is 10.2 Å². The molecule has 3 aromatic rings. The highest BCUT2D eigenvalue weighted by Crippen LogP contribution is 2.38. The van der Waals surface area contributed by atoms with Gasteiger partial charge >= 0.3 is 7.12 Å². The number of benzene rings is 1. The van der Waals surface area contributed by atoms with Crippen molar-refractivity contribution in [1.29, 1.82) is 5.26 Å². The number of amides is 1. The van der Waals surface area contributed by atoms with Crippen molar-refractivity contribution < 1.29 is 18.8 Å². The Morgan fingerprint density at radius 1 is 1.18 bits per heavy atom. The quantitative estimate of drug-likeness (QED) is 0.417. The third-order valence-corrected chi connectivity index (χ3v) is 8.42. The fourth-order valence-corrected chi connectivity index (χ4v) is 5.32. The largest absolute Gasteiger partial charge is 0.495 e. The summed E-state index contributed by atoms with van der Waals surface area (Å²) >= 11 is 0. The molecule has 0 spiro atoms. The monoisotopic (exact) mass is 541 g/mol. The highest BCUT2D eigenvalue weighted by atomic mass is 16.7. The number of hydrogen-bond donors (Lipinski definition) is 0. The Balaban J connectivity index is 1.53. The van der Waals surface area contributed by atoms with Crippen LogP contribution in [0.1, 0.15) is 86.2 Å². The summed E-state index contributed by atoms with van der Waals surface area (Å²) < 4.78 is 20.6. The Kier molecular flexibility index (Phi) is 7.23. The van der Waals surface area contributed by atoms with Crippen LogP contribution in [0.15, 0.2) is 36.8 Å². The number of fused-ring (bicyclic) bond motifs is 1. The average Bonchev–Trinajstić information content (AvgIpc) is 3.41. The van der Waals surface area contributed by atoms with Crippen molar-refractivity contribution in [3.63, 3.8) is 0 Å². The molecule has 5 rings (SSSR count). The Morgan fingerprint density at radius 3 is 2.52 bits per heavy atom. The number of carbonyl (C=O) groups is 1. The maximum absolute atomic E-state index is 14.1. The van der Waals surface area contributed by atoms with Gasteiger partial charge in [-0.1, -0.05) is 6.07 Å². The molecule has 0 N–H and O–H groups in total. The zero-order valence-electron chi connectivity index (χ0n) is 24.3. The standard InChI is InChI=1S/C30H36BN5O4/c1-8-38-27-15-26(34-17-22(27)16-32)19(2)36-11-9-23-24(28(36)37)13-21(18-35-12-10-33-20(35)3)14-25(23)31-39-29(4,5)30(6,7)40-31/h10,12-15,17,19H,8-9,11,18H2,1-7H3. The molecule has 2 aromatic heterocycles. The molecule has 1 atom stereocenters. The first kappa shape index (κ1) is 27.9. The van der Waals surface area contributed by atoms with E-state index in [0.717, 1.165) is 22.4 Å². The number of aryl methyl sites for hydroxylation is 1.